The van der Waals surface area contributed by atoms with Crippen molar-refractivity contribution < 1.29 is 4.79 Å². The molecule has 2 aromatic rings. The molecule has 19 heavy (non-hydrogen) atoms. The molecular weight excluding hydrogens is 289 g/mol. The summed E-state index contributed by atoms with van der Waals surface area (Å²) < 4.78 is 1.89. The fraction of sp³-hybridized carbons (Fsp3) is 0.273. The van der Waals surface area contributed by atoms with Crippen molar-refractivity contribution in [3.8, 4) is 0 Å². The molecule has 0 bridgehead atoms. The first-order chi connectivity index (χ1) is 9.08. The predicted octanol–water partition coefficient (Wildman–Crippen LogP) is 1.49. The van der Waals surface area contributed by atoms with Crippen LogP contribution < -0.4 is 5.32 Å². The standard InChI is InChI=1S/C11H11Cl2N5O/c1-18-5-4-14-9(18)2-3-15-11(19)7-6-8(12)16-17-10(7)13/h4-6H,2-3H2,1H3,(H,15,19). The molecule has 0 fully saturated rings. The summed E-state index contributed by atoms with van der Waals surface area (Å²) in [6.07, 6.45) is 4.18. The molecule has 1 amide bonds. The first-order valence-electron chi connectivity index (χ1n) is 5.51. The third-order valence-electron chi connectivity index (χ3n) is 2.52. The molecule has 0 aromatic carbocycles. The van der Waals surface area contributed by atoms with Crippen molar-refractivity contribution in [3.63, 3.8) is 0 Å². The highest BCUT2D eigenvalue weighted by molar-refractivity contribution is 6.34. The van der Waals surface area contributed by atoms with E-state index >= 15 is 0 Å². The van der Waals surface area contributed by atoms with Gasteiger partial charge in [-0.3, -0.25) is 4.79 Å². The molecule has 2 rings (SSSR count). The summed E-state index contributed by atoms with van der Waals surface area (Å²) in [5, 5.41) is 10.0. The Labute approximate surface area is 119 Å². The number of halogens is 2. The number of nitrogens with zero attached hydrogens (tertiary/aromatic N) is 4. The molecule has 0 saturated carbocycles. The lowest BCUT2D eigenvalue weighted by Crippen LogP contribution is -2.27. The minimum Gasteiger partial charge on any atom is -0.351 e. The average Bonchev–Trinajstić information content (AvgIpc) is 2.78. The second kappa shape index (κ2) is 5.99. The molecular formula is C11H11Cl2N5O. The van der Waals surface area contributed by atoms with Gasteiger partial charge >= 0.3 is 0 Å². The summed E-state index contributed by atoms with van der Waals surface area (Å²) in [6.45, 7) is 0.444. The van der Waals surface area contributed by atoms with Crippen molar-refractivity contribution >= 4 is 29.1 Å². The van der Waals surface area contributed by atoms with E-state index in [-0.39, 0.29) is 21.8 Å². The fourth-order valence-corrected chi connectivity index (χ4v) is 1.86. The Bertz CT molecular complexity index is 599. The minimum absolute atomic E-state index is 0.0268. The second-order valence-electron chi connectivity index (χ2n) is 3.83. The number of hydrogen-bond acceptors (Lipinski definition) is 4. The Kier molecular flexibility index (Phi) is 4.34. The van der Waals surface area contributed by atoms with Gasteiger partial charge in [0, 0.05) is 32.4 Å². The molecule has 0 atom stereocenters. The number of carbonyl (C=O) groups excluding carboxylic acids is 1. The summed E-state index contributed by atoms with van der Waals surface area (Å²) in [5.74, 6) is 0.549. The zero-order chi connectivity index (χ0) is 13.8. The monoisotopic (exact) mass is 299 g/mol. The summed E-state index contributed by atoms with van der Waals surface area (Å²) in [6, 6.07) is 1.38. The number of rotatable bonds is 4. The van der Waals surface area contributed by atoms with Crippen LogP contribution in [0.4, 0.5) is 0 Å². The van der Waals surface area contributed by atoms with Gasteiger partial charge in [0.15, 0.2) is 10.3 Å². The van der Waals surface area contributed by atoms with Gasteiger partial charge in [0.2, 0.25) is 0 Å². The second-order valence-corrected chi connectivity index (χ2v) is 4.58. The molecule has 1 N–H and O–H groups in total. The zero-order valence-electron chi connectivity index (χ0n) is 10.1. The topological polar surface area (TPSA) is 72.7 Å². The van der Waals surface area contributed by atoms with Gasteiger partial charge in [-0.05, 0) is 6.07 Å². The van der Waals surface area contributed by atoms with Crippen LogP contribution in [0.3, 0.4) is 0 Å². The Balaban J connectivity index is 1.94. The van der Waals surface area contributed by atoms with Gasteiger partial charge < -0.3 is 9.88 Å². The van der Waals surface area contributed by atoms with Crippen LogP contribution in [0.1, 0.15) is 16.2 Å². The summed E-state index contributed by atoms with van der Waals surface area (Å²) in [4.78, 5) is 16.0. The lowest BCUT2D eigenvalue weighted by molar-refractivity contribution is 0.0953. The molecule has 0 aliphatic rings. The normalized spacial score (nSPS) is 10.5. The minimum atomic E-state index is -0.337. The summed E-state index contributed by atoms with van der Waals surface area (Å²) >= 11 is 11.5. The molecule has 0 spiro atoms. The van der Waals surface area contributed by atoms with Crippen molar-refractivity contribution in [3.05, 3.63) is 40.2 Å². The van der Waals surface area contributed by atoms with E-state index in [4.69, 9.17) is 23.2 Å². The quantitative estimate of drug-likeness (QED) is 0.928. The predicted molar refractivity (Wildman–Crippen MR) is 71.3 cm³/mol. The number of imidazole rings is 1. The molecule has 100 valence electrons. The smallest absolute Gasteiger partial charge is 0.254 e. The van der Waals surface area contributed by atoms with Crippen LogP contribution in [0.25, 0.3) is 0 Å². The van der Waals surface area contributed by atoms with Gasteiger partial charge in [-0.1, -0.05) is 23.2 Å². The molecule has 0 radical (unpaired) electrons. The first kappa shape index (κ1) is 13.8. The molecule has 0 aliphatic carbocycles. The van der Waals surface area contributed by atoms with E-state index in [9.17, 15) is 4.79 Å². The summed E-state index contributed by atoms with van der Waals surface area (Å²) in [5.41, 5.74) is 0.210. The average molecular weight is 300 g/mol. The van der Waals surface area contributed by atoms with Gasteiger partial charge in [0.25, 0.3) is 5.91 Å². The Hall–Kier alpha value is -1.66. The molecule has 0 unspecified atom stereocenters. The molecule has 6 nitrogen and oxygen atoms in total. The highest BCUT2D eigenvalue weighted by atomic mass is 35.5. The van der Waals surface area contributed by atoms with Crippen LogP contribution in [-0.2, 0) is 13.5 Å². The van der Waals surface area contributed by atoms with Crippen LogP contribution in [-0.4, -0.2) is 32.2 Å². The number of amides is 1. The van der Waals surface area contributed by atoms with Crippen molar-refractivity contribution in [1.29, 1.82) is 0 Å². The summed E-state index contributed by atoms with van der Waals surface area (Å²) in [7, 11) is 1.90. The van der Waals surface area contributed by atoms with E-state index < -0.39 is 0 Å². The van der Waals surface area contributed by atoms with Crippen molar-refractivity contribution in [2.75, 3.05) is 6.54 Å². The largest absolute Gasteiger partial charge is 0.351 e. The molecule has 2 heterocycles. The van der Waals surface area contributed by atoms with Crippen molar-refractivity contribution in [1.82, 2.24) is 25.1 Å². The van der Waals surface area contributed by atoms with E-state index in [0.717, 1.165) is 5.82 Å². The maximum absolute atomic E-state index is 11.9. The number of aromatic nitrogens is 4. The third kappa shape index (κ3) is 3.42. The van der Waals surface area contributed by atoms with Crippen LogP contribution in [0.15, 0.2) is 18.5 Å². The number of nitrogens with one attached hydrogen (secondary N) is 1. The van der Waals surface area contributed by atoms with E-state index in [1.807, 2.05) is 17.8 Å². The third-order valence-corrected chi connectivity index (χ3v) is 2.98. The Morgan fingerprint density at radius 3 is 2.89 bits per heavy atom. The SMILES string of the molecule is Cn1ccnc1CCNC(=O)c1cc(Cl)nnc1Cl. The van der Waals surface area contributed by atoms with E-state index in [1.54, 1.807) is 6.20 Å². The van der Waals surface area contributed by atoms with Gasteiger partial charge in [-0.15, -0.1) is 10.2 Å². The highest BCUT2D eigenvalue weighted by Crippen LogP contribution is 2.14. The first-order valence-corrected chi connectivity index (χ1v) is 6.26. The zero-order valence-corrected chi connectivity index (χ0v) is 11.6. The van der Waals surface area contributed by atoms with E-state index in [2.05, 4.69) is 20.5 Å². The van der Waals surface area contributed by atoms with Crippen molar-refractivity contribution in [2.24, 2.45) is 7.05 Å². The molecule has 8 heteroatoms. The molecule has 0 saturated heterocycles. The maximum Gasteiger partial charge on any atom is 0.254 e. The van der Waals surface area contributed by atoms with Crippen molar-refractivity contribution in [2.45, 2.75) is 6.42 Å². The van der Waals surface area contributed by atoms with E-state index in [1.165, 1.54) is 6.07 Å². The van der Waals surface area contributed by atoms with Gasteiger partial charge in [0.1, 0.15) is 5.82 Å². The lowest BCUT2D eigenvalue weighted by atomic mass is 10.3. The number of aryl methyl sites for hydroxylation is 1. The van der Waals surface area contributed by atoms with Gasteiger partial charge in [-0.2, -0.15) is 0 Å². The van der Waals surface area contributed by atoms with Gasteiger partial charge in [0.05, 0.1) is 5.56 Å². The van der Waals surface area contributed by atoms with Crippen LogP contribution in [0, 0.1) is 0 Å². The molecule has 0 aliphatic heterocycles. The Morgan fingerprint density at radius 1 is 1.42 bits per heavy atom. The Morgan fingerprint density at radius 2 is 2.21 bits per heavy atom. The maximum atomic E-state index is 11.9. The van der Waals surface area contributed by atoms with Crippen LogP contribution in [0.5, 0.6) is 0 Å². The highest BCUT2D eigenvalue weighted by Gasteiger charge is 2.12. The number of carbonyl (C=O) groups is 1. The molecule has 2 aromatic heterocycles. The lowest BCUT2D eigenvalue weighted by Gasteiger charge is -2.06. The van der Waals surface area contributed by atoms with E-state index in [0.29, 0.717) is 13.0 Å². The van der Waals surface area contributed by atoms with Gasteiger partial charge in [-0.25, -0.2) is 4.98 Å². The van der Waals surface area contributed by atoms with Crippen LogP contribution >= 0.6 is 23.2 Å². The van der Waals surface area contributed by atoms with Crippen LogP contribution in [0.2, 0.25) is 10.3 Å². The number of hydrogen-bond donors (Lipinski definition) is 1. The fourth-order valence-electron chi connectivity index (χ4n) is 1.53.